The molecule has 0 heterocycles. The van der Waals surface area contributed by atoms with E-state index in [9.17, 15) is 14.4 Å². The van der Waals surface area contributed by atoms with E-state index in [1.165, 1.54) is 205 Å². The lowest BCUT2D eigenvalue weighted by Crippen LogP contribution is -2.30. The first kappa shape index (κ1) is 63.4. The molecule has 0 aliphatic heterocycles. The fraction of sp³-hybridized carbons (Fsp3) is 0.949. The van der Waals surface area contributed by atoms with Crippen LogP contribution in [-0.4, -0.2) is 37.2 Å². The fourth-order valence-electron chi connectivity index (χ4n) is 8.97. The van der Waals surface area contributed by atoms with E-state index in [4.69, 9.17) is 14.2 Å². The van der Waals surface area contributed by atoms with Crippen LogP contribution in [0.5, 0.6) is 0 Å². The Morgan fingerprint density at radius 2 is 0.538 bits per heavy atom. The second-order valence-corrected chi connectivity index (χ2v) is 21.5. The van der Waals surface area contributed by atoms with E-state index in [2.05, 4.69) is 41.5 Å². The molecule has 6 nitrogen and oxygen atoms in total. The molecule has 0 rings (SSSR count). The van der Waals surface area contributed by atoms with Crippen molar-refractivity contribution in [3.05, 3.63) is 0 Å². The van der Waals surface area contributed by atoms with Crippen LogP contribution in [0.15, 0.2) is 0 Å². The average molecular weight is 920 g/mol. The molecule has 0 bridgehead atoms. The Balaban J connectivity index is 4.30. The largest absolute Gasteiger partial charge is 0.462 e. The van der Waals surface area contributed by atoms with E-state index in [0.29, 0.717) is 19.3 Å². The van der Waals surface area contributed by atoms with Crippen LogP contribution in [0.2, 0.25) is 0 Å². The topological polar surface area (TPSA) is 78.9 Å². The van der Waals surface area contributed by atoms with Crippen molar-refractivity contribution < 1.29 is 28.6 Å². The quantitative estimate of drug-likeness (QED) is 0.0344. The minimum absolute atomic E-state index is 0.0636. The molecule has 386 valence electrons. The summed E-state index contributed by atoms with van der Waals surface area (Å²) in [7, 11) is 0. The lowest BCUT2D eigenvalue weighted by Gasteiger charge is -2.18. The summed E-state index contributed by atoms with van der Waals surface area (Å²) in [5, 5.41) is 0. The third kappa shape index (κ3) is 51.6. The summed E-state index contributed by atoms with van der Waals surface area (Å²) in [5.41, 5.74) is 0. The van der Waals surface area contributed by atoms with E-state index in [1.807, 2.05) is 0 Å². The van der Waals surface area contributed by atoms with Gasteiger partial charge in [0.15, 0.2) is 6.10 Å². The predicted octanol–water partition coefficient (Wildman–Crippen LogP) is 19.1. The molecular weight excluding hydrogens is 805 g/mol. The fourth-order valence-corrected chi connectivity index (χ4v) is 8.97. The summed E-state index contributed by atoms with van der Waals surface area (Å²) >= 11 is 0. The van der Waals surface area contributed by atoms with Crippen molar-refractivity contribution >= 4 is 17.9 Å². The second kappa shape index (κ2) is 50.3. The standard InChI is InChI=1S/C59H114O6/c1-7-55(6)47-41-35-29-23-19-20-26-32-38-44-50-59(62)65-56(52-64-58(61)49-43-37-31-25-18-14-10-12-16-22-28-34-40-46-54(4)5)51-63-57(60)48-42-36-30-24-17-13-9-8-11-15-21-27-33-39-45-53(2)3/h53-56H,7-52H2,1-6H3/t55?,56-/m1/s1. The van der Waals surface area contributed by atoms with Crippen LogP contribution in [0.3, 0.4) is 0 Å². The van der Waals surface area contributed by atoms with E-state index < -0.39 is 6.10 Å². The summed E-state index contributed by atoms with van der Waals surface area (Å²) in [6, 6.07) is 0. The predicted molar refractivity (Wildman–Crippen MR) is 279 cm³/mol. The van der Waals surface area contributed by atoms with Crippen molar-refractivity contribution in [2.45, 2.75) is 330 Å². The van der Waals surface area contributed by atoms with Crippen LogP contribution in [0.25, 0.3) is 0 Å². The molecule has 6 heteroatoms. The Kier molecular flexibility index (Phi) is 49.1. The van der Waals surface area contributed by atoms with Crippen molar-refractivity contribution in [3.8, 4) is 0 Å². The smallest absolute Gasteiger partial charge is 0.306 e. The van der Waals surface area contributed by atoms with E-state index in [1.54, 1.807) is 0 Å². The Hall–Kier alpha value is -1.59. The minimum Gasteiger partial charge on any atom is -0.462 e. The van der Waals surface area contributed by atoms with Gasteiger partial charge in [-0.25, -0.2) is 0 Å². The molecule has 1 unspecified atom stereocenters. The molecule has 0 spiro atoms. The van der Waals surface area contributed by atoms with Gasteiger partial charge in [0.25, 0.3) is 0 Å². The SMILES string of the molecule is CCC(C)CCCCCCCCCCCCC(=O)O[C@H](COC(=O)CCCCCCCCCCCCCCCCC(C)C)COC(=O)CCCCCCCCCCCCCCCC(C)C. The zero-order chi connectivity index (χ0) is 47.7. The monoisotopic (exact) mass is 919 g/mol. The number of rotatable bonds is 52. The van der Waals surface area contributed by atoms with Gasteiger partial charge in [0, 0.05) is 19.3 Å². The van der Waals surface area contributed by atoms with Gasteiger partial charge in [0.05, 0.1) is 0 Å². The molecule has 0 aromatic heterocycles. The summed E-state index contributed by atoms with van der Waals surface area (Å²) in [6.07, 6.45) is 52.3. The maximum absolute atomic E-state index is 12.8. The number of carbonyl (C=O) groups is 3. The van der Waals surface area contributed by atoms with Crippen LogP contribution >= 0.6 is 0 Å². The summed E-state index contributed by atoms with van der Waals surface area (Å²) in [5.74, 6) is 1.71. The van der Waals surface area contributed by atoms with Gasteiger partial charge in [-0.05, 0) is 37.0 Å². The molecular formula is C59H114O6. The third-order valence-electron chi connectivity index (χ3n) is 13.8. The van der Waals surface area contributed by atoms with Gasteiger partial charge in [-0.2, -0.15) is 0 Å². The van der Waals surface area contributed by atoms with Crippen molar-refractivity contribution in [1.29, 1.82) is 0 Å². The van der Waals surface area contributed by atoms with Gasteiger partial charge < -0.3 is 14.2 Å². The Labute approximate surface area is 406 Å². The summed E-state index contributed by atoms with van der Waals surface area (Å²) in [6.45, 7) is 13.8. The number of hydrogen-bond donors (Lipinski definition) is 0. The second-order valence-electron chi connectivity index (χ2n) is 21.5. The first-order valence-electron chi connectivity index (χ1n) is 29.1. The lowest BCUT2D eigenvalue weighted by atomic mass is 9.99. The maximum atomic E-state index is 12.8. The van der Waals surface area contributed by atoms with Crippen molar-refractivity contribution in [2.24, 2.45) is 17.8 Å². The highest BCUT2D eigenvalue weighted by Gasteiger charge is 2.19. The van der Waals surface area contributed by atoms with Gasteiger partial charge in [-0.1, -0.05) is 286 Å². The van der Waals surface area contributed by atoms with Crippen molar-refractivity contribution in [2.75, 3.05) is 13.2 Å². The van der Waals surface area contributed by atoms with Crippen molar-refractivity contribution in [1.82, 2.24) is 0 Å². The molecule has 0 aliphatic carbocycles. The Morgan fingerprint density at radius 3 is 0.800 bits per heavy atom. The summed E-state index contributed by atoms with van der Waals surface area (Å²) < 4.78 is 16.9. The molecule has 0 saturated carbocycles. The highest BCUT2D eigenvalue weighted by Crippen LogP contribution is 2.19. The molecule has 0 N–H and O–H groups in total. The highest BCUT2D eigenvalue weighted by molar-refractivity contribution is 5.71. The Bertz CT molecular complexity index is 1010. The number of ether oxygens (including phenoxy) is 3. The molecule has 0 aromatic carbocycles. The van der Waals surface area contributed by atoms with E-state index >= 15 is 0 Å². The number of esters is 3. The third-order valence-corrected chi connectivity index (χ3v) is 13.8. The highest BCUT2D eigenvalue weighted by atomic mass is 16.6. The normalized spacial score (nSPS) is 12.6. The first-order valence-corrected chi connectivity index (χ1v) is 29.1. The van der Waals surface area contributed by atoms with Crippen molar-refractivity contribution in [3.63, 3.8) is 0 Å². The Morgan fingerprint density at radius 1 is 0.308 bits per heavy atom. The molecule has 0 amide bonds. The molecule has 2 atom stereocenters. The van der Waals surface area contributed by atoms with Crippen LogP contribution in [-0.2, 0) is 28.6 Å². The lowest BCUT2D eigenvalue weighted by molar-refractivity contribution is -0.167. The first-order chi connectivity index (χ1) is 31.6. The van der Waals surface area contributed by atoms with Gasteiger partial charge >= 0.3 is 17.9 Å². The zero-order valence-electron chi connectivity index (χ0n) is 44.8. The maximum Gasteiger partial charge on any atom is 0.306 e. The van der Waals surface area contributed by atoms with Crippen LogP contribution in [0, 0.1) is 17.8 Å². The molecule has 0 radical (unpaired) electrons. The zero-order valence-corrected chi connectivity index (χ0v) is 44.8. The van der Waals surface area contributed by atoms with Gasteiger partial charge in [-0.3, -0.25) is 14.4 Å². The molecule has 65 heavy (non-hydrogen) atoms. The molecule has 0 aromatic rings. The van der Waals surface area contributed by atoms with Gasteiger partial charge in [0.1, 0.15) is 13.2 Å². The van der Waals surface area contributed by atoms with Crippen LogP contribution < -0.4 is 0 Å². The molecule has 0 aliphatic rings. The minimum atomic E-state index is -0.764. The average Bonchev–Trinajstić information content (AvgIpc) is 3.28. The van der Waals surface area contributed by atoms with E-state index in [-0.39, 0.29) is 31.1 Å². The van der Waals surface area contributed by atoms with E-state index in [0.717, 1.165) is 75.5 Å². The summed E-state index contributed by atoms with van der Waals surface area (Å²) in [4.78, 5) is 38.2. The number of unbranched alkanes of at least 4 members (excludes halogenated alkanes) is 34. The molecule has 0 fully saturated rings. The number of carbonyl (C=O) groups excluding carboxylic acids is 3. The molecule has 0 saturated heterocycles. The van der Waals surface area contributed by atoms with Crippen LogP contribution in [0.1, 0.15) is 324 Å². The van der Waals surface area contributed by atoms with Gasteiger partial charge in [0.2, 0.25) is 0 Å². The number of hydrogen-bond acceptors (Lipinski definition) is 6. The van der Waals surface area contributed by atoms with Gasteiger partial charge in [-0.15, -0.1) is 0 Å². The van der Waals surface area contributed by atoms with Crippen LogP contribution in [0.4, 0.5) is 0 Å².